The van der Waals surface area contributed by atoms with Gasteiger partial charge in [0.15, 0.2) is 0 Å². The molecule has 0 heterocycles. The topological polar surface area (TPSA) is 32.3 Å². The van der Waals surface area contributed by atoms with Gasteiger partial charge >= 0.3 is 0 Å². The molecule has 1 aromatic rings. The van der Waals surface area contributed by atoms with E-state index in [0.717, 1.165) is 19.3 Å². The molecule has 1 rings (SSSR count). The third-order valence-corrected chi connectivity index (χ3v) is 3.50. The highest BCUT2D eigenvalue weighted by Gasteiger charge is 2.23. The van der Waals surface area contributed by atoms with Gasteiger partial charge in [0.1, 0.15) is 0 Å². The number of benzene rings is 1. The van der Waals surface area contributed by atoms with Crippen LogP contribution in [0.1, 0.15) is 39.2 Å². The standard InChI is InChI=1S/C15H25NO/c1-4-14(16-15(3,5-2)12-17)11-13-9-7-6-8-10-13/h6-10,14,16-17H,4-5,11-12H2,1-3H3. The molecule has 0 saturated carbocycles. The molecular formula is C15H25NO. The smallest absolute Gasteiger partial charge is 0.0610 e. The molecule has 2 N–H and O–H groups in total. The van der Waals surface area contributed by atoms with Crippen LogP contribution in [0, 0.1) is 0 Å². The van der Waals surface area contributed by atoms with Gasteiger partial charge in [-0.1, -0.05) is 44.2 Å². The van der Waals surface area contributed by atoms with Crippen molar-refractivity contribution in [2.24, 2.45) is 0 Å². The Kier molecular flexibility index (Phi) is 5.66. The fraction of sp³-hybridized carbons (Fsp3) is 0.600. The van der Waals surface area contributed by atoms with Crippen molar-refractivity contribution in [3.63, 3.8) is 0 Å². The lowest BCUT2D eigenvalue weighted by molar-refractivity contribution is 0.155. The highest BCUT2D eigenvalue weighted by atomic mass is 16.3. The lowest BCUT2D eigenvalue weighted by Gasteiger charge is -2.32. The molecule has 0 aromatic heterocycles. The minimum Gasteiger partial charge on any atom is -0.394 e. The lowest BCUT2D eigenvalue weighted by Crippen LogP contribution is -2.51. The maximum atomic E-state index is 9.43. The number of hydrogen-bond donors (Lipinski definition) is 2. The van der Waals surface area contributed by atoms with Gasteiger partial charge < -0.3 is 10.4 Å². The van der Waals surface area contributed by atoms with E-state index in [9.17, 15) is 5.11 Å². The van der Waals surface area contributed by atoms with Gasteiger partial charge in [0.05, 0.1) is 6.61 Å². The summed E-state index contributed by atoms with van der Waals surface area (Å²) in [6.45, 7) is 6.57. The minimum atomic E-state index is -0.157. The summed E-state index contributed by atoms with van der Waals surface area (Å²) in [5.74, 6) is 0. The van der Waals surface area contributed by atoms with Crippen LogP contribution >= 0.6 is 0 Å². The Morgan fingerprint density at radius 1 is 1.24 bits per heavy atom. The maximum Gasteiger partial charge on any atom is 0.0610 e. The molecule has 17 heavy (non-hydrogen) atoms. The predicted molar refractivity (Wildman–Crippen MR) is 73.1 cm³/mol. The summed E-state index contributed by atoms with van der Waals surface area (Å²) in [6, 6.07) is 10.9. The van der Waals surface area contributed by atoms with Crippen molar-refractivity contribution < 1.29 is 5.11 Å². The van der Waals surface area contributed by atoms with Gasteiger partial charge in [-0.3, -0.25) is 0 Å². The molecule has 2 atom stereocenters. The van der Waals surface area contributed by atoms with Gasteiger partial charge in [-0.2, -0.15) is 0 Å². The SMILES string of the molecule is CCC(Cc1ccccc1)NC(C)(CC)CO. The summed E-state index contributed by atoms with van der Waals surface area (Å²) in [5.41, 5.74) is 1.19. The van der Waals surface area contributed by atoms with Crippen LogP contribution in [0.25, 0.3) is 0 Å². The Balaban J connectivity index is 2.60. The van der Waals surface area contributed by atoms with Crippen molar-refractivity contribution in [2.45, 2.75) is 51.6 Å². The third-order valence-electron chi connectivity index (χ3n) is 3.50. The number of aliphatic hydroxyl groups excluding tert-OH is 1. The first-order chi connectivity index (χ1) is 8.13. The Bertz CT molecular complexity index is 306. The van der Waals surface area contributed by atoms with Crippen LogP contribution in [0.5, 0.6) is 0 Å². The molecule has 0 spiro atoms. The summed E-state index contributed by atoms with van der Waals surface area (Å²) < 4.78 is 0. The van der Waals surface area contributed by atoms with E-state index in [1.54, 1.807) is 0 Å². The minimum absolute atomic E-state index is 0.157. The van der Waals surface area contributed by atoms with Crippen LogP contribution in [0.3, 0.4) is 0 Å². The molecular weight excluding hydrogens is 210 g/mol. The molecule has 0 bridgehead atoms. The summed E-state index contributed by atoms with van der Waals surface area (Å²) in [7, 11) is 0. The summed E-state index contributed by atoms with van der Waals surface area (Å²) in [6.07, 6.45) is 3.03. The normalized spacial score (nSPS) is 16.5. The van der Waals surface area contributed by atoms with Crippen LogP contribution in [0.4, 0.5) is 0 Å². The zero-order valence-corrected chi connectivity index (χ0v) is 11.2. The van der Waals surface area contributed by atoms with Gasteiger partial charge in [-0.25, -0.2) is 0 Å². The average molecular weight is 235 g/mol. The fourth-order valence-electron chi connectivity index (χ4n) is 1.95. The van der Waals surface area contributed by atoms with Gasteiger partial charge in [0.2, 0.25) is 0 Å². The molecule has 0 fully saturated rings. The monoisotopic (exact) mass is 235 g/mol. The highest BCUT2D eigenvalue weighted by molar-refractivity contribution is 5.16. The van der Waals surface area contributed by atoms with Gasteiger partial charge in [-0.15, -0.1) is 0 Å². The second-order valence-electron chi connectivity index (χ2n) is 5.01. The Morgan fingerprint density at radius 2 is 1.88 bits per heavy atom. The van der Waals surface area contributed by atoms with E-state index in [-0.39, 0.29) is 12.1 Å². The molecule has 0 aliphatic heterocycles. The Hall–Kier alpha value is -0.860. The van der Waals surface area contributed by atoms with Crippen molar-refractivity contribution in [3.8, 4) is 0 Å². The third kappa shape index (κ3) is 4.49. The first-order valence-corrected chi connectivity index (χ1v) is 6.56. The molecule has 2 heteroatoms. The van der Waals surface area contributed by atoms with E-state index in [1.165, 1.54) is 5.56 Å². The fourth-order valence-corrected chi connectivity index (χ4v) is 1.95. The first-order valence-electron chi connectivity index (χ1n) is 6.56. The van der Waals surface area contributed by atoms with E-state index < -0.39 is 0 Å². The van der Waals surface area contributed by atoms with Crippen molar-refractivity contribution in [2.75, 3.05) is 6.61 Å². The Labute approximate surface area is 105 Å². The average Bonchev–Trinajstić information content (AvgIpc) is 2.39. The van der Waals surface area contributed by atoms with E-state index in [0.29, 0.717) is 6.04 Å². The van der Waals surface area contributed by atoms with Crippen molar-refractivity contribution in [1.29, 1.82) is 0 Å². The van der Waals surface area contributed by atoms with Crippen LogP contribution in [0.15, 0.2) is 30.3 Å². The summed E-state index contributed by atoms with van der Waals surface area (Å²) >= 11 is 0. The summed E-state index contributed by atoms with van der Waals surface area (Å²) in [4.78, 5) is 0. The lowest BCUT2D eigenvalue weighted by atomic mass is 9.95. The van der Waals surface area contributed by atoms with E-state index in [2.05, 4.69) is 50.4 Å². The molecule has 0 radical (unpaired) electrons. The number of hydrogen-bond acceptors (Lipinski definition) is 2. The number of nitrogens with one attached hydrogen (secondary N) is 1. The van der Waals surface area contributed by atoms with Crippen LogP contribution in [-0.4, -0.2) is 23.3 Å². The van der Waals surface area contributed by atoms with Crippen molar-refractivity contribution >= 4 is 0 Å². The zero-order valence-electron chi connectivity index (χ0n) is 11.2. The van der Waals surface area contributed by atoms with E-state index in [1.807, 2.05) is 6.07 Å². The number of rotatable bonds is 7. The first kappa shape index (κ1) is 14.2. The second-order valence-corrected chi connectivity index (χ2v) is 5.01. The van der Waals surface area contributed by atoms with Gasteiger partial charge in [-0.05, 0) is 31.7 Å². The predicted octanol–water partition coefficient (Wildman–Crippen LogP) is 2.76. The van der Waals surface area contributed by atoms with Crippen LogP contribution in [-0.2, 0) is 6.42 Å². The Morgan fingerprint density at radius 3 is 2.35 bits per heavy atom. The molecule has 1 aromatic carbocycles. The molecule has 0 amide bonds. The van der Waals surface area contributed by atoms with Gasteiger partial charge in [0.25, 0.3) is 0 Å². The molecule has 96 valence electrons. The highest BCUT2D eigenvalue weighted by Crippen LogP contribution is 2.13. The zero-order chi connectivity index (χ0) is 12.7. The van der Waals surface area contributed by atoms with Crippen LogP contribution in [0.2, 0.25) is 0 Å². The quantitative estimate of drug-likeness (QED) is 0.761. The van der Waals surface area contributed by atoms with Crippen molar-refractivity contribution in [3.05, 3.63) is 35.9 Å². The largest absolute Gasteiger partial charge is 0.394 e. The van der Waals surface area contributed by atoms with Gasteiger partial charge in [0, 0.05) is 11.6 Å². The molecule has 0 aliphatic rings. The maximum absolute atomic E-state index is 9.43. The molecule has 0 aliphatic carbocycles. The second kappa shape index (κ2) is 6.77. The van der Waals surface area contributed by atoms with Crippen molar-refractivity contribution in [1.82, 2.24) is 5.32 Å². The summed E-state index contributed by atoms with van der Waals surface area (Å²) in [5, 5.41) is 13.0. The van der Waals surface area contributed by atoms with E-state index >= 15 is 0 Å². The number of aliphatic hydroxyl groups is 1. The molecule has 0 saturated heterocycles. The van der Waals surface area contributed by atoms with Crippen LogP contribution < -0.4 is 5.32 Å². The molecule has 2 nitrogen and oxygen atoms in total. The van der Waals surface area contributed by atoms with E-state index in [4.69, 9.17) is 0 Å². The molecule has 2 unspecified atom stereocenters.